The van der Waals surface area contributed by atoms with Gasteiger partial charge < -0.3 is 9.80 Å². The van der Waals surface area contributed by atoms with Crippen LogP contribution in [0.4, 0.5) is 5.95 Å². The Balaban J connectivity index is 1.29. The molecule has 5 nitrogen and oxygen atoms in total. The minimum absolute atomic E-state index is 0.656. The van der Waals surface area contributed by atoms with Crippen molar-refractivity contribution >= 4 is 5.95 Å². The molecule has 1 aromatic rings. The van der Waals surface area contributed by atoms with Crippen LogP contribution in [0.5, 0.6) is 0 Å². The van der Waals surface area contributed by atoms with E-state index in [1.807, 2.05) is 0 Å². The van der Waals surface area contributed by atoms with Crippen molar-refractivity contribution in [2.24, 2.45) is 17.8 Å². The van der Waals surface area contributed by atoms with E-state index >= 15 is 0 Å². The van der Waals surface area contributed by atoms with E-state index in [2.05, 4.69) is 61.8 Å². The molecule has 2 unspecified atom stereocenters. The molecule has 2 bridgehead atoms. The summed E-state index contributed by atoms with van der Waals surface area (Å²) < 4.78 is 0. The fourth-order valence-corrected chi connectivity index (χ4v) is 6.15. The van der Waals surface area contributed by atoms with Crippen LogP contribution in [0, 0.1) is 17.8 Å². The molecular formula is C25H43N5. The third kappa shape index (κ3) is 4.99. The van der Waals surface area contributed by atoms with Crippen molar-refractivity contribution in [3.05, 3.63) is 18.0 Å². The molecule has 0 spiro atoms. The van der Waals surface area contributed by atoms with Crippen molar-refractivity contribution in [3.63, 3.8) is 0 Å². The highest BCUT2D eigenvalue weighted by molar-refractivity contribution is 5.37. The Morgan fingerprint density at radius 1 is 0.967 bits per heavy atom. The van der Waals surface area contributed by atoms with Crippen LogP contribution in [0.3, 0.4) is 0 Å². The summed E-state index contributed by atoms with van der Waals surface area (Å²) in [6, 6.07) is 2.05. The molecule has 3 saturated heterocycles. The molecule has 4 heterocycles. The van der Waals surface area contributed by atoms with Gasteiger partial charge in [0.25, 0.3) is 0 Å². The monoisotopic (exact) mass is 413 g/mol. The van der Waals surface area contributed by atoms with E-state index in [0.717, 1.165) is 36.3 Å². The Kier molecular flexibility index (Phi) is 6.98. The lowest BCUT2D eigenvalue weighted by atomic mass is 9.83. The van der Waals surface area contributed by atoms with Crippen molar-refractivity contribution in [2.45, 2.75) is 90.9 Å². The summed E-state index contributed by atoms with van der Waals surface area (Å²) in [5.74, 6) is 3.39. The third-order valence-electron chi connectivity index (χ3n) is 7.87. The van der Waals surface area contributed by atoms with Crippen LogP contribution in [0.1, 0.15) is 71.8 Å². The maximum Gasteiger partial charge on any atom is 0.225 e. The Morgan fingerprint density at radius 3 is 2.10 bits per heavy atom. The maximum absolute atomic E-state index is 4.83. The molecule has 0 aromatic carbocycles. The first kappa shape index (κ1) is 22.0. The SMILES string of the molecule is CC(C)CN(C)C1CCN(Cc2cnc(N3C4CCC3CC(C(C)C)C4)nc2)CC1. The molecule has 3 aliphatic rings. The van der Waals surface area contributed by atoms with E-state index in [0.29, 0.717) is 12.1 Å². The third-order valence-corrected chi connectivity index (χ3v) is 7.87. The van der Waals surface area contributed by atoms with Crippen molar-refractivity contribution in [1.82, 2.24) is 19.8 Å². The van der Waals surface area contributed by atoms with Gasteiger partial charge in [-0.05, 0) is 76.4 Å². The molecule has 4 rings (SSSR count). The minimum atomic E-state index is 0.656. The number of nitrogens with zero attached hydrogens (tertiary/aromatic N) is 5. The molecule has 0 radical (unpaired) electrons. The van der Waals surface area contributed by atoms with E-state index in [4.69, 9.17) is 9.97 Å². The van der Waals surface area contributed by atoms with Crippen molar-refractivity contribution in [2.75, 3.05) is 31.6 Å². The quantitative estimate of drug-likeness (QED) is 0.661. The zero-order chi connectivity index (χ0) is 21.3. The molecule has 0 saturated carbocycles. The predicted molar refractivity (Wildman–Crippen MR) is 125 cm³/mol. The molecule has 3 fully saturated rings. The van der Waals surface area contributed by atoms with Crippen LogP contribution in [0.2, 0.25) is 0 Å². The summed E-state index contributed by atoms with van der Waals surface area (Å²) in [6.07, 6.45) is 12.0. The molecule has 3 aliphatic heterocycles. The molecule has 0 N–H and O–H groups in total. The summed E-state index contributed by atoms with van der Waals surface area (Å²) in [5, 5.41) is 0. The number of anilines is 1. The normalized spacial score (nSPS) is 28.3. The molecule has 5 heteroatoms. The Morgan fingerprint density at radius 2 is 1.57 bits per heavy atom. The highest BCUT2D eigenvalue weighted by Crippen LogP contribution is 2.42. The molecule has 2 atom stereocenters. The summed E-state index contributed by atoms with van der Waals surface area (Å²) in [4.78, 5) is 17.4. The second kappa shape index (κ2) is 9.52. The van der Waals surface area contributed by atoms with E-state index in [1.165, 1.54) is 63.7 Å². The summed E-state index contributed by atoms with van der Waals surface area (Å²) >= 11 is 0. The second-order valence-corrected chi connectivity index (χ2v) is 11.0. The largest absolute Gasteiger partial charge is 0.335 e. The van der Waals surface area contributed by atoms with Crippen molar-refractivity contribution in [1.29, 1.82) is 0 Å². The van der Waals surface area contributed by atoms with Crippen LogP contribution in [-0.4, -0.2) is 64.6 Å². The Bertz CT molecular complexity index is 651. The number of piperidine rings is 2. The molecule has 168 valence electrons. The number of aromatic nitrogens is 2. The van der Waals surface area contributed by atoms with Gasteiger partial charge in [-0.1, -0.05) is 27.7 Å². The van der Waals surface area contributed by atoms with Gasteiger partial charge in [-0.3, -0.25) is 4.90 Å². The lowest BCUT2D eigenvalue weighted by Gasteiger charge is -2.40. The number of rotatable bonds is 7. The number of hydrogen-bond acceptors (Lipinski definition) is 5. The zero-order valence-electron chi connectivity index (χ0n) is 19.9. The van der Waals surface area contributed by atoms with Gasteiger partial charge >= 0.3 is 0 Å². The van der Waals surface area contributed by atoms with Gasteiger partial charge in [0, 0.05) is 49.2 Å². The predicted octanol–water partition coefficient (Wildman–Crippen LogP) is 4.43. The molecule has 0 aliphatic carbocycles. The van der Waals surface area contributed by atoms with Gasteiger partial charge in [0.1, 0.15) is 0 Å². The average Bonchev–Trinajstić information content (AvgIpc) is 2.97. The van der Waals surface area contributed by atoms with E-state index in [1.54, 1.807) is 0 Å². The Labute approximate surface area is 184 Å². The van der Waals surface area contributed by atoms with Gasteiger partial charge in [-0.25, -0.2) is 9.97 Å². The summed E-state index contributed by atoms with van der Waals surface area (Å²) in [7, 11) is 2.30. The first-order chi connectivity index (χ1) is 14.4. The van der Waals surface area contributed by atoms with Crippen LogP contribution < -0.4 is 4.90 Å². The van der Waals surface area contributed by atoms with Crippen LogP contribution >= 0.6 is 0 Å². The molecule has 1 aromatic heterocycles. The fraction of sp³-hybridized carbons (Fsp3) is 0.840. The van der Waals surface area contributed by atoms with Crippen molar-refractivity contribution < 1.29 is 0 Å². The molecular weight excluding hydrogens is 370 g/mol. The van der Waals surface area contributed by atoms with E-state index < -0.39 is 0 Å². The van der Waals surface area contributed by atoms with E-state index in [-0.39, 0.29) is 0 Å². The lowest BCUT2D eigenvalue weighted by Crippen LogP contribution is -2.45. The van der Waals surface area contributed by atoms with Gasteiger partial charge in [0.05, 0.1) is 0 Å². The Hall–Kier alpha value is -1.20. The highest BCUT2D eigenvalue weighted by Gasteiger charge is 2.42. The first-order valence-corrected chi connectivity index (χ1v) is 12.4. The maximum atomic E-state index is 4.83. The number of hydrogen-bond donors (Lipinski definition) is 0. The van der Waals surface area contributed by atoms with Gasteiger partial charge in [-0.2, -0.15) is 0 Å². The standard InChI is InChI=1S/C25H43N5/c1-18(2)16-28(5)22-8-10-29(11-9-22)17-20-14-26-25(27-15-20)30-23-6-7-24(30)13-21(12-23)19(3)4/h14-15,18-19,21-24H,6-13,16-17H2,1-5H3. The molecule has 0 amide bonds. The summed E-state index contributed by atoms with van der Waals surface area (Å²) in [5.41, 5.74) is 1.26. The lowest BCUT2D eigenvalue weighted by molar-refractivity contribution is 0.115. The first-order valence-electron chi connectivity index (χ1n) is 12.4. The topological polar surface area (TPSA) is 35.5 Å². The smallest absolute Gasteiger partial charge is 0.225 e. The van der Waals surface area contributed by atoms with Gasteiger partial charge in [0.15, 0.2) is 0 Å². The van der Waals surface area contributed by atoms with Crippen molar-refractivity contribution in [3.8, 4) is 0 Å². The highest BCUT2D eigenvalue weighted by atomic mass is 15.3. The van der Waals surface area contributed by atoms with Crippen LogP contribution in [-0.2, 0) is 6.54 Å². The van der Waals surface area contributed by atoms with Gasteiger partial charge in [-0.15, -0.1) is 0 Å². The fourth-order valence-electron chi connectivity index (χ4n) is 6.15. The van der Waals surface area contributed by atoms with Gasteiger partial charge in [0.2, 0.25) is 5.95 Å². The van der Waals surface area contributed by atoms with E-state index in [9.17, 15) is 0 Å². The average molecular weight is 414 g/mol. The zero-order valence-corrected chi connectivity index (χ0v) is 19.9. The second-order valence-electron chi connectivity index (χ2n) is 11.0. The number of fused-ring (bicyclic) bond motifs is 2. The summed E-state index contributed by atoms with van der Waals surface area (Å²) in [6.45, 7) is 14.0. The molecule has 30 heavy (non-hydrogen) atoms. The van der Waals surface area contributed by atoms with Crippen LogP contribution in [0.15, 0.2) is 12.4 Å². The minimum Gasteiger partial charge on any atom is -0.335 e. The van der Waals surface area contributed by atoms with Crippen LogP contribution in [0.25, 0.3) is 0 Å². The number of likely N-dealkylation sites (tertiary alicyclic amines) is 1.